The molecule has 0 aliphatic heterocycles. The lowest BCUT2D eigenvalue weighted by molar-refractivity contribution is 0.340. The van der Waals surface area contributed by atoms with E-state index in [1.807, 2.05) is 0 Å². The highest BCUT2D eigenvalue weighted by atomic mass is 19.1. The molecule has 0 radical (unpaired) electrons. The van der Waals surface area contributed by atoms with Gasteiger partial charge >= 0.3 is 0 Å². The Bertz CT molecular complexity index is 311. The van der Waals surface area contributed by atoms with Crippen LogP contribution >= 0.6 is 0 Å². The maximum atomic E-state index is 12.6. The van der Waals surface area contributed by atoms with E-state index in [-0.39, 0.29) is 5.82 Å². The van der Waals surface area contributed by atoms with E-state index in [1.165, 1.54) is 12.1 Å². The third kappa shape index (κ3) is 2.44. The van der Waals surface area contributed by atoms with Crippen LogP contribution in [0.2, 0.25) is 0 Å². The summed E-state index contributed by atoms with van der Waals surface area (Å²) in [6, 6.07) is 6.17. The van der Waals surface area contributed by atoms with Crippen molar-refractivity contribution in [3.05, 3.63) is 54.6 Å². The van der Waals surface area contributed by atoms with E-state index in [0.717, 1.165) is 11.1 Å². The first-order valence-corrected chi connectivity index (χ1v) is 3.89. The molecule has 0 saturated carbocycles. The fraction of sp³-hybridized carbons (Fsp3) is 0.0909. The number of hydrogen-bond acceptors (Lipinski definition) is 1. The zero-order valence-corrected chi connectivity index (χ0v) is 7.46. The van der Waals surface area contributed by atoms with Gasteiger partial charge in [0.1, 0.15) is 5.82 Å². The first-order valence-electron chi connectivity index (χ1n) is 3.89. The average Bonchev–Trinajstić information content (AvgIpc) is 2.16. The van der Waals surface area contributed by atoms with Crippen molar-refractivity contribution in [2.75, 3.05) is 7.11 Å². The van der Waals surface area contributed by atoms with E-state index in [9.17, 15) is 4.39 Å². The van der Waals surface area contributed by atoms with Crippen molar-refractivity contribution in [3.63, 3.8) is 0 Å². The third-order valence-corrected chi connectivity index (χ3v) is 1.64. The predicted octanol–water partition coefficient (Wildman–Crippen LogP) is 3.00. The van der Waals surface area contributed by atoms with Crippen molar-refractivity contribution in [2.45, 2.75) is 0 Å². The topological polar surface area (TPSA) is 9.23 Å². The number of methoxy groups -OCH3 is 1. The molecule has 13 heavy (non-hydrogen) atoms. The van der Waals surface area contributed by atoms with Gasteiger partial charge in [-0.2, -0.15) is 0 Å². The Morgan fingerprint density at radius 2 is 2.00 bits per heavy atom. The minimum atomic E-state index is -0.246. The van der Waals surface area contributed by atoms with Gasteiger partial charge in [0.15, 0.2) is 0 Å². The first kappa shape index (κ1) is 9.52. The SMILES string of the molecule is C=C/C(=C/OC)c1ccc(F)cc1. The summed E-state index contributed by atoms with van der Waals surface area (Å²) < 4.78 is 17.4. The van der Waals surface area contributed by atoms with Gasteiger partial charge in [0.25, 0.3) is 0 Å². The Balaban J connectivity index is 2.99. The molecule has 0 aliphatic carbocycles. The van der Waals surface area contributed by atoms with Crippen molar-refractivity contribution in [1.29, 1.82) is 0 Å². The molecule has 2 heteroatoms. The highest BCUT2D eigenvalue weighted by molar-refractivity contribution is 5.72. The van der Waals surface area contributed by atoms with Crippen LogP contribution in [-0.2, 0) is 4.74 Å². The first-order chi connectivity index (χ1) is 6.27. The molecule has 0 bridgehead atoms. The van der Waals surface area contributed by atoms with Gasteiger partial charge in [0.2, 0.25) is 0 Å². The van der Waals surface area contributed by atoms with Crippen LogP contribution in [0.1, 0.15) is 5.56 Å². The summed E-state index contributed by atoms with van der Waals surface area (Å²) in [5, 5.41) is 0. The number of rotatable bonds is 3. The van der Waals surface area contributed by atoms with Crippen LogP contribution in [0.15, 0.2) is 43.2 Å². The number of benzene rings is 1. The van der Waals surface area contributed by atoms with Crippen molar-refractivity contribution in [1.82, 2.24) is 0 Å². The molecule has 1 aromatic carbocycles. The second-order valence-corrected chi connectivity index (χ2v) is 2.52. The van der Waals surface area contributed by atoms with Crippen LogP contribution < -0.4 is 0 Å². The largest absolute Gasteiger partial charge is 0.504 e. The van der Waals surface area contributed by atoms with Crippen LogP contribution in [-0.4, -0.2) is 7.11 Å². The lowest BCUT2D eigenvalue weighted by Crippen LogP contribution is -1.82. The van der Waals surface area contributed by atoms with Gasteiger partial charge in [0.05, 0.1) is 13.4 Å². The Labute approximate surface area is 77.2 Å². The zero-order valence-electron chi connectivity index (χ0n) is 7.46. The van der Waals surface area contributed by atoms with Gasteiger partial charge in [0, 0.05) is 5.57 Å². The summed E-state index contributed by atoms with van der Waals surface area (Å²) in [6.45, 7) is 3.64. The van der Waals surface area contributed by atoms with E-state index >= 15 is 0 Å². The summed E-state index contributed by atoms with van der Waals surface area (Å²) in [5.74, 6) is -0.246. The Hall–Kier alpha value is -1.57. The minimum absolute atomic E-state index is 0.246. The molecule has 0 spiro atoms. The second kappa shape index (κ2) is 4.45. The van der Waals surface area contributed by atoms with Crippen LogP contribution in [0, 0.1) is 5.82 Å². The van der Waals surface area contributed by atoms with E-state index in [4.69, 9.17) is 4.74 Å². The van der Waals surface area contributed by atoms with Gasteiger partial charge in [-0.15, -0.1) is 0 Å². The maximum Gasteiger partial charge on any atom is 0.123 e. The summed E-state index contributed by atoms with van der Waals surface area (Å²) in [7, 11) is 1.56. The Morgan fingerprint density at radius 3 is 2.46 bits per heavy atom. The lowest BCUT2D eigenvalue weighted by atomic mass is 10.1. The van der Waals surface area contributed by atoms with E-state index in [0.29, 0.717) is 0 Å². The van der Waals surface area contributed by atoms with Gasteiger partial charge in [-0.3, -0.25) is 0 Å². The Morgan fingerprint density at radius 1 is 1.38 bits per heavy atom. The Kier molecular flexibility index (Phi) is 3.26. The van der Waals surface area contributed by atoms with E-state index < -0.39 is 0 Å². The second-order valence-electron chi connectivity index (χ2n) is 2.52. The fourth-order valence-corrected chi connectivity index (χ4v) is 1.00. The molecule has 0 saturated heterocycles. The predicted molar refractivity (Wildman–Crippen MR) is 51.6 cm³/mol. The summed E-state index contributed by atoms with van der Waals surface area (Å²) >= 11 is 0. The van der Waals surface area contributed by atoms with E-state index in [2.05, 4.69) is 6.58 Å². The third-order valence-electron chi connectivity index (χ3n) is 1.64. The minimum Gasteiger partial charge on any atom is -0.504 e. The number of hydrogen-bond donors (Lipinski definition) is 0. The van der Waals surface area contributed by atoms with Crippen LogP contribution in [0.3, 0.4) is 0 Å². The molecule has 0 N–H and O–H groups in total. The zero-order chi connectivity index (χ0) is 9.68. The van der Waals surface area contributed by atoms with Gasteiger partial charge in [-0.05, 0) is 17.7 Å². The molecule has 0 unspecified atom stereocenters. The lowest BCUT2D eigenvalue weighted by Gasteiger charge is -2.01. The number of halogens is 1. The van der Waals surface area contributed by atoms with Crippen molar-refractivity contribution >= 4 is 5.57 Å². The summed E-state index contributed by atoms with van der Waals surface area (Å²) in [6.07, 6.45) is 3.23. The standard InChI is InChI=1S/C11H11FO/c1-3-9(8-13-2)10-4-6-11(12)7-5-10/h3-8H,1H2,2H3/b9-8-. The van der Waals surface area contributed by atoms with Crippen LogP contribution in [0.5, 0.6) is 0 Å². The fourth-order valence-electron chi connectivity index (χ4n) is 1.00. The molecule has 1 aromatic rings. The van der Waals surface area contributed by atoms with Gasteiger partial charge in [-0.1, -0.05) is 24.8 Å². The molecular formula is C11H11FO. The average molecular weight is 178 g/mol. The molecule has 0 amide bonds. The number of allylic oxidation sites excluding steroid dienone is 2. The quantitative estimate of drug-likeness (QED) is 0.510. The molecule has 1 nitrogen and oxygen atoms in total. The number of ether oxygens (including phenoxy) is 1. The molecule has 0 fully saturated rings. The summed E-state index contributed by atoms with van der Waals surface area (Å²) in [4.78, 5) is 0. The van der Waals surface area contributed by atoms with Crippen LogP contribution in [0.4, 0.5) is 4.39 Å². The highest BCUT2D eigenvalue weighted by Crippen LogP contribution is 2.15. The molecular weight excluding hydrogens is 167 g/mol. The monoisotopic (exact) mass is 178 g/mol. The van der Waals surface area contributed by atoms with Gasteiger partial charge in [-0.25, -0.2) is 4.39 Å². The van der Waals surface area contributed by atoms with Crippen molar-refractivity contribution in [3.8, 4) is 0 Å². The van der Waals surface area contributed by atoms with Gasteiger partial charge < -0.3 is 4.74 Å². The highest BCUT2D eigenvalue weighted by Gasteiger charge is 1.97. The molecule has 1 rings (SSSR count). The normalized spacial score (nSPS) is 11.1. The van der Waals surface area contributed by atoms with Crippen molar-refractivity contribution < 1.29 is 9.13 Å². The molecule has 0 heterocycles. The van der Waals surface area contributed by atoms with Crippen molar-refractivity contribution in [2.24, 2.45) is 0 Å². The molecule has 68 valence electrons. The molecule has 0 aliphatic rings. The van der Waals surface area contributed by atoms with Crippen LogP contribution in [0.25, 0.3) is 5.57 Å². The summed E-state index contributed by atoms with van der Waals surface area (Å²) in [5.41, 5.74) is 1.72. The smallest absolute Gasteiger partial charge is 0.123 e. The molecule has 0 aromatic heterocycles. The maximum absolute atomic E-state index is 12.6. The molecule has 0 atom stereocenters. The van der Waals surface area contributed by atoms with E-state index in [1.54, 1.807) is 31.6 Å².